The standard InChI is InChI=1S/C19H12F3N5O3.2C14H11N3O2.C7H9BO2.C7H5BrClNO.2C7H4BrN3O2.C7H6BrNO2.C5H5ClN2.ClH/c20-19(21,22)30-14-5-2-12(3-6-14)13-4-7-16-15(10-13)18(28)27(26-25-16)29-11-17-23-8-1-9-24-17;2*1-9-2-4-10(5-3-9)11-6-7-13-12(8-11)14(18)17(19)16-15-13;1-6-2-4-7(5-3-6)8(9)10;8-4-1-2-6(10)5(3-4)7(9)11;2*8-4-1-2-6-5(3-4)7(12)11(13)10-9-6;8-4-1-2-6(9)5(3-4)7(10)11;6-4-5-7-2-1-3-8-5;/h1-10H,11H2;2*2-8,19H,1H3;2-5,9-10H,1H3;1-3H,10H2;2*1-3,13H;1-3H,9H2,(H,10,11);1-3H,4H2;1H. The third kappa shape index (κ3) is 30.0. The number of rotatable bonds is 11. The number of nitrogens with zero attached hydrogens (tertiary/aromatic N) is 19. The van der Waals surface area contributed by atoms with Crippen molar-refractivity contribution in [3.05, 3.63) is 371 Å². The van der Waals surface area contributed by atoms with Crippen LogP contribution in [-0.2, 0) is 12.5 Å². The first kappa shape index (κ1) is 104. The Morgan fingerprint density at radius 1 is 0.415 bits per heavy atom. The van der Waals surface area contributed by atoms with E-state index in [2.05, 4.69) is 140 Å². The monoisotopic (exact) mass is 2150 g/mol. The highest BCUT2D eigenvalue weighted by molar-refractivity contribution is 9.11. The lowest BCUT2D eigenvalue weighted by atomic mass is 9.80. The predicted octanol–water partition coefficient (Wildman–Crippen LogP) is 13.8. The number of halogens is 10. The van der Waals surface area contributed by atoms with Crippen LogP contribution >= 0.6 is 99.3 Å². The highest BCUT2D eigenvalue weighted by Crippen LogP contribution is 2.30. The number of carbonyl (C=O) groups excluding carboxylic acids is 1. The molecule has 135 heavy (non-hydrogen) atoms. The molecule has 0 aliphatic carbocycles. The molecule has 0 unspecified atom stereocenters. The van der Waals surface area contributed by atoms with Crippen LogP contribution in [0, 0.1) is 20.8 Å². The van der Waals surface area contributed by atoms with Crippen molar-refractivity contribution in [1.82, 2.24) is 95.7 Å². The number of alkyl halides is 4. The molecule has 11 aromatic carbocycles. The van der Waals surface area contributed by atoms with Crippen molar-refractivity contribution in [1.29, 1.82) is 0 Å². The molecule has 7 aromatic heterocycles. The van der Waals surface area contributed by atoms with Gasteiger partial charge in [0.1, 0.15) is 39.2 Å². The second-order valence-electron chi connectivity index (χ2n) is 27.3. The summed E-state index contributed by atoms with van der Waals surface area (Å²) in [5.41, 5.74) is 20.3. The van der Waals surface area contributed by atoms with Crippen molar-refractivity contribution < 1.29 is 68.3 Å². The number of carboxylic acid groups (broad SMARTS) is 1. The number of carbonyl (C=O) groups is 2. The minimum atomic E-state index is -4.76. The summed E-state index contributed by atoms with van der Waals surface area (Å²) in [6, 6.07) is 66.9. The van der Waals surface area contributed by atoms with Gasteiger partial charge in [-0.05, 0) is 255 Å². The largest absolute Gasteiger partial charge is 0.573 e. The Bertz CT molecular complexity index is 7220. The molecule has 0 atom stereocenters. The zero-order chi connectivity index (χ0) is 97.0. The number of ether oxygens (including phenoxy) is 1. The summed E-state index contributed by atoms with van der Waals surface area (Å²) < 4.78 is 43.8. The summed E-state index contributed by atoms with van der Waals surface area (Å²) in [7, 11) is -1.35. The van der Waals surface area contributed by atoms with Crippen LogP contribution < -0.4 is 54.3 Å². The van der Waals surface area contributed by atoms with Crippen LogP contribution in [-0.4, -0.2) is 156 Å². The molecule has 0 bridgehead atoms. The van der Waals surface area contributed by atoms with Crippen LogP contribution in [0.25, 0.3) is 87.9 Å². The maximum atomic E-state index is 12.7. The maximum absolute atomic E-state index is 12.7. The number of aromatic nitrogens is 19. The summed E-state index contributed by atoms with van der Waals surface area (Å²) in [6.45, 7) is 5.91. The third-order valence-electron chi connectivity index (χ3n) is 17.9. The maximum Gasteiger partial charge on any atom is 0.573 e. The van der Waals surface area contributed by atoms with E-state index in [1.807, 2.05) is 93.6 Å². The summed E-state index contributed by atoms with van der Waals surface area (Å²) >= 11 is 23.4. The molecule has 0 radical (unpaired) electrons. The van der Waals surface area contributed by atoms with Crippen LogP contribution in [0.4, 0.5) is 24.5 Å². The van der Waals surface area contributed by atoms with Gasteiger partial charge in [-0.25, -0.2) is 24.7 Å². The van der Waals surface area contributed by atoms with Gasteiger partial charge in [0.15, 0.2) is 12.4 Å². The number of nitrogen functional groups attached to an aromatic ring is 2. The van der Waals surface area contributed by atoms with E-state index in [-0.39, 0.29) is 60.8 Å². The van der Waals surface area contributed by atoms with Gasteiger partial charge in [-0.2, -0.15) is 0 Å². The molecule has 0 aliphatic rings. The van der Waals surface area contributed by atoms with Gasteiger partial charge in [0.25, 0.3) is 5.24 Å². The Balaban J connectivity index is 0.000000175. The lowest BCUT2D eigenvalue weighted by molar-refractivity contribution is -0.274. The molecule has 18 aromatic rings. The van der Waals surface area contributed by atoms with E-state index in [0.29, 0.717) is 99.0 Å². The summed E-state index contributed by atoms with van der Waals surface area (Å²) in [6.07, 6.45) is 1.66. The molecule has 0 fully saturated rings. The number of fused-ring (bicyclic) bond motifs is 5. The van der Waals surface area contributed by atoms with E-state index in [0.717, 1.165) is 46.1 Å². The fourth-order valence-electron chi connectivity index (χ4n) is 11.1. The van der Waals surface area contributed by atoms with Crippen molar-refractivity contribution in [3.8, 4) is 39.1 Å². The van der Waals surface area contributed by atoms with Gasteiger partial charge in [0, 0.05) is 54.1 Å². The minimum Gasteiger partial charge on any atom is -0.478 e. The number of nitrogens with two attached hydrogens (primary N) is 2. The van der Waals surface area contributed by atoms with Gasteiger partial charge >= 0.3 is 47.2 Å². The lowest BCUT2D eigenvalue weighted by Crippen LogP contribution is -2.30. The summed E-state index contributed by atoms with van der Waals surface area (Å²) in [5.74, 6) is 0.0804. The second kappa shape index (κ2) is 49.0. The van der Waals surface area contributed by atoms with Crippen LogP contribution in [0.5, 0.6) is 5.75 Å². The van der Waals surface area contributed by atoms with E-state index in [1.165, 1.54) is 53.9 Å². The van der Waals surface area contributed by atoms with Gasteiger partial charge in [-0.1, -0.05) is 184 Å². The Morgan fingerprint density at radius 2 is 0.719 bits per heavy atom. The normalized spacial score (nSPS) is 10.4. The molecular weight excluding hydrogens is 2090 g/mol. The molecule has 37 nitrogen and oxygen atoms in total. The number of benzene rings is 11. The first-order chi connectivity index (χ1) is 63.9. The second-order valence-corrected chi connectivity index (χ2v) is 31.6. The number of anilines is 2. The quantitative estimate of drug-likeness (QED) is 0.0191. The van der Waals surface area contributed by atoms with Crippen LogP contribution in [0.15, 0.2) is 303 Å². The van der Waals surface area contributed by atoms with Crippen LogP contribution in [0.3, 0.4) is 0 Å². The van der Waals surface area contributed by atoms with Gasteiger partial charge < -0.3 is 57.0 Å². The van der Waals surface area contributed by atoms with E-state index in [1.54, 1.807) is 146 Å². The van der Waals surface area contributed by atoms with E-state index in [9.17, 15) is 57.1 Å². The van der Waals surface area contributed by atoms with Gasteiger partial charge in [0.05, 0.1) is 43.9 Å². The molecule has 0 saturated heterocycles. The van der Waals surface area contributed by atoms with E-state index < -0.39 is 52.5 Å². The fourth-order valence-corrected chi connectivity index (χ4v) is 12.9. The Morgan fingerprint density at radius 3 is 1.05 bits per heavy atom. The highest BCUT2D eigenvalue weighted by atomic mass is 79.9. The number of carboxylic acids is 1. The molecular formula is C87H68BBr4Cl3F3N21O16. The summed E-state index contributed by atoms with van der Waals surface area (Å²) in [4.78, 5) is 103. The smallest absolute Gasteiger partial charge is 0.478 e. The van der Waals surface area contributed by atoms with Gasteiger partial charge in [-0.3, -0.25) is 28.8 Å². The SMILES string of the molecule is Cc1ccc(-c2ccc3nnn(O)c(=O)c3c2)cc1.Cc1ccc(-c2ccc3nnn(O)c(=O)c3c2)cc1.Cc1ccc(B(O)O)cc1.Cl.ClCc1ncccn1.Nc1ccc(Br)cc1C(=O)Cl.Nc1ccc(Br)cc1C(=O)O.O=c1c2cc(-c3ccc(OC(F)(F)F)cc3)ccc2nnn1OCc1ncccn1.O=c1c2cc(Br)ccc2nnn1O.O=c1c2cc(Br)ccc2nnn1O. The molecule has 11 N–H and O–H groups in total. The topological polar surface area (TPSA) is 537 Å². The Labute approximate surface area is 807 Å². The first-order valence-corrected chi connectivity index (χ1v) is 42.2. The zero-order valence-electron chi connectivity index (χ0n) is 69.6. The number of hydrogen-bond donors (Lipinski definition) is 9. The average molecular weight is 2160 g/mol. The number of hydrogen-bond acceptors (Lipinski definition) is 31. The minimum absolute atomic E-state index is 0. The molecule has 0 amide bonds. The molecule has 7 heterocycles. The van der Waals surface area contributed by atoms with Crippen molar-refractivity contribution in [2.45, 2.75) is 39.6 Å². The molecule has 48 heteroatoms. The predicted molar refractivity (Wildman–Crippen MR) is 512 cm³/mol. The van der Waals surface area contributed by atoms with Gasteiger partial charge in [-0.15, -0.1) is 62.7 Å². The van der Waals surface area contributed by atoms with Crippen molar-refractivity contribution in [2.24, 2.45) is 0 Å². The fraction of sp³-hybridized carbons (Fsp3) is 0.0690. The van der Waals surface area contributed by atoms with Gasteiger partial charge in [0.2, 0.25) is 0 Å². The van der Waals surface area contributed by atoms with Crippen molar-refractivity contribution in [2.75, 3.05) is 11.5 Å². The van der Waals surface area contributed by atoms with Crippen molar-refractivity contribution >= 4 is 189 Å². The highest BCUT2D eigenvalue weighted by Gasteiger charge is 2.31. The average Bonchev–Trinajstić information content (AvgIpc) is 0.823. The van der Waals surface area contributed by atoms with Crippen LogP contribution in [0.2, 0.25) is 0 Å². The number of aryl methyl sites for hydroxylation is 3. The Kier molecular flexibility index (Phi) is 37.6. The molecule has 0 spiro atoms. The van der Waals surface area contributed by atoms with E-state index >= 15 is 0 Å². The van der Waals surface area contributed by atoms with Crippen LogP contribution in [0.1, 0.15) is 49.1 Å². The first-order valence-electron chi connectivity index (χ1n) is 38.1. The number of aromatic carboxylic acids is 1. The summed E-state index contributed by atoms with van der Waals surface area (Å²) in [5, 5.41) is 98.8. The van der Waals surface area contributed by atoms with Crippen molar-refractivity contribution in [3.63, 3.8) is 0 Å². The Hall–Kier alpha value is -15.0. The molecule has 18 rings (SSSR count). The molecule has 0 aliphatic heterocycles. The lowest BCUT2D eigenvalue weighted by Gasteiger charge is -2.10. The zero-order valence-corrected chi connectivity index (χ0v) is 78.3. The van der Waals surface area contributed by atoms with E-state index in [4.69, 9.17) is 65.1 Å². The molecule has 0 saturated carbocycles. The molecule has 690 valence electrons. The third-order valence-corrected chi connectivity index (χ3v) is 20.3.